The Morgan fingerprint density at radius 3 is 1.58 bits per heavy atom. The van der Waals surface area contributed by atoms with Crippen LogP contribution in [0.2, 0.25) is 0 Å². The second kappa shape index (κ2) is 32.1. The van der Waals surface area contributed by atoms with Gasteiger partial charge in [-0.05, 0) is 200 Å². The molecule has 5 aromatic carbocycles. The number of carbonyl (C=O) groups excluding carboxylic acids is 2. The summed E-state index contributed by atoms with van der Waals surface area (Å²) in [7, 11) is 0. The van der Waals surface area contributed by atoms with Gasteiger partial charge in [0.15, 0.2) is 11.4 Å². The first-order valence-corrected chi connectivity index (χ1v) is 32.4. The zero-order valence-corrected chi connectivity index (χ0v) is 56.8. The van der Waals surface area contributed by atoms with Crippen LogP contribution in [-0.2, 0) is 41.3 Å². The molecular formula is C78H82N10O11. The second-order valence-electron chi connectivity index (χ2n) is 26.6. The van der Waals surface area contributed by atoms with Crippen LogP contribution in [0.15, 0.2) is 177 Å². The molecule has 21 heteroatoms. The van der Waals surface area contributed by atoms with E-state index in [0.29, 0.717) is 41.2 Å². The minimum Gasteiger partial charge on any atom is -0.508 e. The number of carboxylic acid groups (broad SMARTS) is 3. The third-order valence-electron chi connectivity index (χ3n) is 19.2. The van der Waals surface area contributed by atoms with Crippen LogP contribution in [0.4, 0.5) is 0 Å². The SMILES string of the molecule is C=C1C[C@@H]2[C@H](CC[C@]3(C)C(=O)CC[C@@H]23)[C@@]2(C)C=CC(=O)C=C12.CC(C)(C#N)c1cc(Cn2cncn2)cc(C(C)(C)C#N)c1.CC/C(=C(/CC)c1ccc(O)cc1)c1ccc(O)cc1.N#Cc1ccc(C(c2ccc(C#N)cc2)n2cncn2)cc1.O=C(O)CC(O)(CC(=O)O)C(=O)O. The van der Waals surface area contributed by atoms with Crippen molar-refractivity contribution in [1.82, 2.24) is 29.5 Å². The first-order valence-electron chi connectivity index (χ1n) is 32.4. The number of rotatable bonds is 16. The van der Waals surface area contributed by atoms with Crippen molar-refractivity contribution in [1.29, 1.82) is 21.0 Å². The number of hydrogen-bond donors (Lipinski definition) is 6. The molecule has 4 aliphatic carbocycles. The van der Waals surface area contributed by atoms with Crippen molar-refractivity contribution in [3.05, 3.63) is 227 Å². The van der Waals surface area contributed by atoms with Gasteiger partial charge in [-0.15, -0.1) is 0 Å². The van der Waals surface area contributed by atoms with Crippen LogP contribution in [0, 0.1) is 73.9 Å². The summed E-state index contributed by atoms with van der Waals surface area (Å²) < 4.78 is 3.48. The largest absolute Gasteiger partial charge is 0.508 e. The number of carbonyl (C=O) groups is 5. The summed E-state index contributed by atoms with van der Waals surface area (Å²) in [5.41, 5.74) is 8.98. The number of ketones is 2. The van der Waals surface area contributed by atoms with Gasteiger partial charge in [0.2, 0.25) is 0 Å². The number of aliphatic hydroxyl groups is 1. The number of allylic oxidation sites excluding steroid dienone is 7. The van der Waals surface area contributed by atoms with Crippen molar-refractivity contribution >= 4 is 40.6 Å². The Labute approximate surface area is 576 Å². The molecule has 2 aromatic heterocycles. The standard InChI is InChI=1S/C20H24O2.C18H20O2.C17H11N5.C17H19N5.C6H8O7/c1-12-10-14-15-4-5-18(22)20(15,3)9-7-16(14)19(2)8-6-13(21)11-17(12)19;1-3-17(13-5-9-15(19)10-6-13)18(4-2)14-7-11-16(20)12-8-14;18-9-13-1-5-15(6-2-13)17(22-12-20-11-21-22)16-7-3-14(10-19)4-8-16;1-16(2,9-18)14-5-13(8-22-12-20-11-21-22)6-15(7-14)17(3,4)10-19;7-3(8)1-6(13,5(11)12)2-4(9)10/h6,8,11,14-16H,1,4-5,7,9-10H2,2-3H3;5-12,19-20H,3-4H2,1-2H3;1-8,11-12,17H;5-7,11-12H,8H2,1-4H3;13H,1-2H2,(H,7,8)(H,9,10)(H,11,12)/b;18-17+;;;/t14-,15-,16-,19+,20-;;;;/m0..../s1. The van der Waals surface area contributed by atoms with Gasteiger partial charge in [0, 0.05) is 17.3 Å². The fraction of sp³-hybridized carbons (Fsp3) is 0.346. The Kier molecular flexibility index (Phi) is 24.3. The Morgan fingerprint density at radius 1 is 0.677 bits per heavy atom. The molecule has 0 spiro atoms. The molecule has 0 saturated heterocycles. The van der Waals surface area contributed by atoms with E-state index in [9.17, 15) is 44.7 Å². The van der Waals surface area contributed by atoms with Crippen molar-refractivity contribution in [2.24, 2.45) is 28.6 Å². The maximum absolute atomic E-state index is 12.4. The van der Waals surface area contributed by atoms with Crippen LogP contribution >= 0.6 is 0 Å². The van der Waals surface area contributed by atoms with E-state index in [2.05, 4.69) is 84.8 Å². The molecule has 0 bridgehead atoms. The minimum absolute atomic E-state index is 0.0686. The quantitative estimate of drug-likeness (QED) is 0.0489. The average Bonchev–Trinajstić information content (AvgIpc) is 0.846. The highest BCUT2D eigenvalue weighted by Gasteiger charge is 2.59. The predicted octanol–water partition coefficient (Wildman–Crippen LogP) is 13.2. The van der Waals surface area contributed by atoms with E-state index < -0.39 is 47.2 Å². The van der Waals surface area contributed by atoms with Crippen LogP contribution in [-0.4, -0.2) is 95.2 Å². The summed E-state index contributed by atoms with van der Waals surface area (Å²) in [6.45, 7) is 21.1. The zero-order valence-electron chi connectivity index (χ0n) is 56.8. The Morgan fingerprint density at radius 2 is 1.16 bits per heavy atom. The van der Waals surface area contributed by atoms with Gasteiger partial charge in [-0.25, -0.2) is 24.1 Å². The zero-order chi connectivity index (χ0) is 72.6. The maximum Gasteiger partial charge on any atom is 0.336 e. The Hall–Kier alpha value is -11.4. The van der Waals surface area contributed by atoms with Crippen molar-refractivity contribution in [2.45, 2.75) is 142 Å². The lowest BCUT2D eigenvalue weighted by Crippen LogP contribution is -2.50. The van der Waals surface area contributed by atoms with E-state index in [4.69, 9.17) is 30.9 Å². The van der Waals surface area contributed by atoms with Gasteiger partial charge >= 0.3 is 17.9 Å². The lowest BCUT2D eigenvalue weighted by atomic mass is 9.48. The van der Waals surface area contributed by atoms with Gasteiger partial charge in [-0.2, -0.15) is 31.2 Å². The Balaban J connectivity index is 0.000000176. The molecule has 99 heavy (non-hydrogen) atoms. The summed E-state index contributed by atoms with van der Waals surface area (Å²) in [6, 6.07) is 44.1. The van der Waals surface area contributed by atoms with Crippen LogP contribution < -0.4 is 0 Å². The summed E-state index contributed by atoms with van der Waals surface area (Å²) >= 11 is 0. The molecule has 7 aromatic rings. The van der Waals surface area contributed by atoms with Gasteiger partial charge in [0.25, 0.3) is 0 Å². The van der Waals surface area contributed by atoms with Crippen molar-refractivity contribution in [2.75, 3.05) is 0 Å². The number of carboxylic acids is 3. The number of benzene rings is 5. The van der Waals surface area contributed by atoms with E-state index in [1.807, 2.05) is 94.4 Å². The molecule has 21 nitrogen and oxygen atoms in total. The normalized spacial score (nSPS) is 19.2. The number of fused-ring (bicyclic) bond motifs is 5. The Bertz CT molecular complexity index is 4180. The number of nitrogens with zero attached hydrogens (tertiary/aromatic N) is 10. The molecule has 0 amide bonds. The molecule has 6 N–H and O–H groups in total. The van der Waals surface area contributed by atoms with Crippen LogP contribution in [0.5, 0.6) is 11.5 Å². The molecule has 4 aliphatic rings. The monoisotopic (exact) mass is 1330 g/mol. The van der Waals surface area contributed by atoms with Crippen LogP contribution in [0.25, 0.3) is 11.1 Å². The van der Waals surface area contributed by atoms with Gasteiger partial charge in [0.05, 0.1) is 65.6 Å². The third-order valence-corrected chi connectivity index (χ3v) is 19.2. The lowest BCUT2D eigenvalue weighted by Gasteiger charge is -2.56. The van der Waals surface area contributed by atoms with Gasteiger partial charge < -0.3 is 30.6 Å². The maximum atomic E-state index is 12.4. The molecule has 3 fully saturated rings. The van der Waals surface area contributed by atoms with Gasteiger partial charge in [0.1, 0.15) is 48.6 Å². The highest BCUT2D eigenvalue weighted by molar-refractivity contribution is 6.02. The highest BCUT2D eigenvalue weighted by atomic mass is 16.4. The molecule has 2 heterocycles. The lowest BCUT2D eigenvalue weighted by molar-refractivity contribution is -0.170. The van der Waals surface area contributed by atoms with E-state index in [1.165, 1.54) is 23.8 Å². The van der Waals surface area contributed by atoms with Crippen LogP contribution in [0.1, 0.15) is 169 Å². The molecule has 510 valence electrons. The summed E-state index contributed by atoms with van der Waals surface area (Å²) in [5, 5.41) is 97.6. The summed E-state index contributed by atoms with van der Waals surface area (Å²) in [4.78, 5) is 62.6. The molecule has 11 rings (SSSR count). The smallest absolute Gasteiger partial charge is 0.336 e. The van der Waals surface area contributed by atoms with Gasteiger partial charge in [-0.3, -0.25) is 19.2 Å². The molecule has 0 aliphatic heterocycles. The summed E-state index contributed by atoms with van der Waals surface area (Å²) in [6.07, 6.45) is 16.3. The fourth-order valence-electron chi connectivity index (χ4n) is 13.7. The van der Waals surface area contributed by atoms with Crippen molar-refractivity contribution in [3.63, 3.8) is 0 Å². The first-order chi connectivity index (χ1) is 46.9. The highest BCUT2D eigenvalue weighted by Crippen LogP contribution is 2.64. The van der Waals surface area contributed by atoms with Crippen molar-refractivity contribution < 1.29 is 54.6 Å². The summed E-state index contributed by atoms with van der Waals surface area (Å²) in [5.74, 6) is -2.31. The van der Waals surface area contributed by atoms with Gasteiger partial charge in [-0.1, -0.05) is 113 Å². The van der Waals surface area contributed by atoms with E-state index in [1.54, 1.807) is 82.7 Å². The third kappa shape index (κ3) is 18.0. The van der Waals surface area contributed by atoms with Crippen molar-refractivity contribution in [3.8, 4) is 35.8 Å². The number of aromatic hydroxyl groups is 2. The number of hydrogen-bond acceptors (Lipinski definition) is 16. The molecule has 5 atom stereocenters. The predicted molar refractivity (Wildman–Crippen MR) is 369 cm³/mol. The number of Topliss-reactive ketones (excluding diaryl/α,β-unsaturated/α-hetero) is 1. The van der Waals surface area contributed by atoms with E-state index in [-0.39, 0.29) is 34.2 Å². The number of phenols is 2. The average molecular weight is 1340 g/mol. The molecule has 0 radical (unpaired) electrons. The fourth-order valence-corrected chi connectivity index (χ4v) is 13.7. The first kappa shape index (κ1) is 75.0. The topological polar surface area (TPSA) is 363 Å². The van der Waals surface area contributed by atoms with Crippen LogP contribution in [0.3, 0.4) is 0 Å². The number of aromatic nitrogens is 6. The number of nitriles is 4. The molecule has 3 saturated carbocycles. The molecular weight excluding hydrogens is 1250 g/mol. The minimum atomic E-state index is -2.74. The second-order valence-corrected chi connectivity index (χ2v) is 26.6. The number of aliphatic carboxylic acids is 3. The number of phenolic OH excluding ortho intramolecular Hbond substituents is 2. The molecule has 0 unspecified atom stereocenters. The van der Waals surface area contributed by atoms with E-state index in [0.717, 1.165) is 95.0 Å². The van der Waals surface area contributed by atoms with E-state index >= 15 is 0 Å².